The molecule has 1 aromatic heterocycles. The fourth-order valence-electron chi connectivity index (χ4n) is 4.29. The van der Waals surface area contributed by atoms with E-state index in [1.54, 1.807) is 11.5 Å². The Balaban J connectivity index is 2.36. The Kier molecular flexibility index (Phi) is 7.76. The molecular weight excluding hydrogens is 394 g/mol. The fraction of sp³-hybridized carbons (Fsp3) is 0.792. The average molecular weight is 436 g/mol. The van der Waals surface area contributed by atoms with Crippen LogP contribution in [0.4, 0.5) is 0 Å². The number of aromatic nitrogens is 1. The summed E-state index contributed by atoms with van der Waals surface area (Å²) < 4.78 is 3.04. The van der Waals surface area contributed by atoms with Gasteiger partial charge in [0.05, 0.1) is 5.41 Å². The zero-order valence-corrected chi connectivity index (χ0v) is 21.0. The van der Waals surface area contributed by atoms with Crippen molar-refractivity contribution in [1.82, 2.24) is 9.27 Å². The number of rotatable bonds is 7. The maximum absolute atomic E-state index is 13.3. The number of carbonyl (C=O) groups excluding carboxylic acids is 2. The molecule has 170 valence electrons. The molecule has 0 spiro atoms. The van der Waals surface area contributed by atoms with Gasteiger partial charge in [-0.3, -0.25) is 13.5 Å². The molecule has 6 heteroatoms. The van der Waals surface area contributed by atoms with Crippen LogP contribution in [0.5, 0.6) is 0 Å². The highest BCUT2D eigenvalue weighted by Gasteiger charge is 2.57. The summed E-state index contributed by atoms with van der Waals surface area (Å²) in [5, 5.41) is 3.05. The zero-order valence-electron chi connectivity index (χ0n) is 20.2. The third-order valence-corrected chi connectivity index (χ3v) is 8.34. The first-order chi connectivity index (χ1) is 13.9. The van der Waals surface area contributed by atoms with E-state index in [2.05, 4.69) is 68.9 Å². The van der Waals surface area contributed by atoms with Gasteiger partial charge in [-0.2, -0.15) is 0 Å². The van der Waals surface area contributed by atoms with Gasteiger partial charge >= 0.3 is 0 Å². The van der Waals surface area contributed by atoms with Crippen molar-refractivity contribution in [3.05, 3.63) is 16.4 Å². The number of nitrogens with zero attached hydrogens (tertiary/aromatic N) is 2. The molecule has 1 heterocycles. The predicted molar refractivity (Wildman–Crippen MR) is 124 cm³/mol. The first-order valence-electron chi connectivity index (χ1n) is 11.5. The van der Waals surface area contributed by atoms with Gasteiger partial charge in [-0.25, -0.2) is 4.99 Å². The maximum atomic E-state index is 13.3. The molecule has 1 N–H and O–H groups in total. The van der Waals surface area contributed by atoms with Gasteiger partial charge in [0.15, 0.2) is 0 Å². The minimum absolute atomic E-state index is 0.0367. The molecule has 1 saturated carbocycles. The number of unbranched alkanes of at least 4 members (excludes halogenated alkanes) is 1. The van der Waals surface area contributed by atoms with Crippen LogP contribution >= 0.6 is 11.5 Å². The van der Waals surface area contributed by atoms with E-state index >= 15 is 0 Å². The number of aryl methyl sites for hydroxylation is 1. The Bertz CT molecular complexity index is 828. The summed E-state index contributed by atoms with van der Waals surface area (Å²) in [7, 11) is 0. The SMILES string of the molecule is CCCCc1cn(C(C)(C)C)sc1=NC(=O)[C@@H]1CC[C@](C)(C(=O)NCCC)C1(C)C. The predicted octanol–water partition coefficient (Wildman–Crippen LogP) is 5.04. The molecular formula is C24H41N3O2S. The summed E-state index contributed by atoms with van der Waals surface area (Å²) in [4.78, 5) is 30.9. The van der Waals surface area contributed by atoms with Crippen LogP contribution in [0.2, 0.25) is 0 Å². The van der Waals surface area contributed by atoms with E-state index in [1.807, 2.05) is 6.92 Å². The quantitative estimate of drug-likeness (QED) is 0.652. The highest BCUT2D eigenvalue weighted by atomic mass is 32.1. The van der Waals surface area contributed by atoms with E-state index < -0.39 is 10.8 Å². The molecule has 1 aliphatic carbocycles. The van der Waals surface area contributed by atoms with Crippen LogP contribution in [0.1, 0.15) is 93.1 Å². The molecule has 30 heavy (non-hydrogen) atoms. The summed E-state index contributed by atoms with van der Waals surface area (Å²) in [6, 6.07) is 0. The second-order valence-corrected chi connectivity index (χ2v) is 11.5. The van der Waals surface area contributed by atoms with Gasteiger partial charge in [-0.05, 0) is 69.8 Å². The van der Waals surface area contributed by atoms with E-state index in [0.717, 1.165) is 42.3 Å². The van der Waals surface area contributed by atoms with E-state index in [9.17, 15) is 9.59 Å². The molecule has 0 radical (unpaired) electrons. The molecule has 0 aromatic carbocycles. The molecule has 0 saturated heterocycles. The smallest absolute Gasteiger partial charge is 0.250 e. The number of hydrogen-bond acceptors (Lipinski definition) is 3. The molecule has 1 aliphatic rings. The topological polar surface area (TPSA) is 63.5 Å². The minimum Gasteiger partial charge on any atom is -0.356 e. The van der Waals surface area contributed by atoms with Crippen LogP contribution in [-0.2, 0) is 21.5 Å². The number of nitrogens with one attached hydrogen (secondary N) is 1. The highest BCUT2D eigenvalue weighted by Crippen LogP contribution is 2.56. The highest BCUT2D eigenvalue weighted by molar-refractivity contribution is 7.04. The largest absolute Gasteiger partial charge is 0.356 e. The molecule has 0 aliphatic heterocycles. The van der Waals surface area contributed by atoms with Gasteiger partial charge in [0.25, 0.3) is 5.91 Å². The van der Waals surface area contributed by atoms with Crippen molar-refractivity contribution >= 4 is 23.3 Å². The van der Waals surface area contributed by atoms with Crippen molar-refractivity contribution in [2.75, 3.05) is 6.54 Å². The van der Waals surface area contributed by atoms with Gasteiger partial charge in [-0.15, -0.1) is 0 Å². The molecule has 2 rings (SSSR count). The van der Waals surface area contributed by atoms with Crippen molar-refractivity contribution in [2.45, 2.75) is 99.5 Å². The third kappa shape index (κ3) is 4.90. The maximum Gasteiger partial charge on any atom is 0.250 e. The lowest BCUT2D eigenvalue weighted by atomic mass is 9.65. The third-order valence-electron chi connectivity index (χ3n) is 6.97. The summed E-state index contributed by atoms with van der Waals surface area (Å²) in [5.74, 6) is -0.248. The Labute approximate surface area is 186 Å². The van der Waals surface area contributed by atoms with Gasteiger partial charge in [0, 0.05) is 29.8 Å². The van der Waals surface area contributed by atoms with E-state index in [-0.39, 0.29) is 23.3 Å². The lowest BCUT2D eigenvalue weighted by molar-refractivity contribution is -0.138. The van der Waals surface area contributed by atoms with E-state index in [4.69, 9.17) is 0 Å². The summed E-state index contributed by atoms with van der Waals surface area (Å²) in [5.41, 5.74) is 0.130. The minimum atomic E-state index is -0.552. The first-order valence-corrected chi connectivity index (χ1v) is 12.2. The van der Waals surface area contributed by atoms with Gasteiger partial charge < -0.3 is 5.32 Å². The van der Waals surface area contributed by atoms with Crippen molar-refractivity contribution in [2.24, 2.45) is 21.7 Å². The van der Waals surface area contributed by atoms with E-state index in [0.29, 0.717) is 13.0 Å². The van der Waals surface area contributed by atoms with Crippen LogP contribution in [0.25, 0.3) is 0 Å². The Morgan fingerprint density at radius 1 is 1.23 bits per heavy atom. The van der Waals surface area contributed by atoms with Crippen molar-refractivity contribution in [3.63, 3.8) is 0 Å². The number of amides is 2. The molecule has 2 amide bonds. The van der Waals surface area contributed by atoms with Crippen LogP contribution in [0, 0.1) is 16.7 Å². The zero-order chi connectivity index (χ0) is 22.7. The van der Waals surface area contributed by atoms with Crippen molar-refractivity contribution in [1.29, 1.82) is 0 Å². The first kappa shape index (κ1) is 24.8. The molecule has 0 bridgehead atoms. The molecule has 1 aromatic rings. The Morgan fingerprint density at radius 3 is 2.47 bits per heavy atom. The summed E-state index contributed by atoms with van der Waals surface area (Å²) in [6.07, 6.45) is 7.63. The number of hydrogen-bond donors (Lipinski definition) is 1. The monoisotopic (exact) mass is 435 g/mol. The molecule has 1 fully saturated rings. The van der Waals surface area contributed by atoms with Crippen molar-refractivity contribution in [3.8, 4) is 0 Å². The Morgan fingerprint density at radius 2 is 1.90 bits per heavy atom. The lowest BCUT2D eigenvalue weighted by Crippen LogP contribution is -2.48. The van der Waals surface area contributed by atoms with Gasteiger partial charge in [-0.1, -0.05) is 41.0 Å². The van der Waals surface area contributed by atoms with E-state index in [1.165, 1.54) is 0 Å². The normalized spacial score (nSPS) is 24.3. The fourth-order valence-corrected chi connectivity index (χ4v) is 5.33. The molecule has 0 unspecified atom stereocenters. The lowest BCUT2D eigenvalue weighted by Gasteiger charge is -2.39. The summed E-state index contributed by atoms with van der Waals surface area (Å²) in [6.45, 7) is 17.5. The van der Waals surface area contributed by atoms with Crippen molar-refractivity contribution < 1.29 is 9.59 Å². The second kappa shape index (κ2) is 9.37. The van der Waals surface area contributed by atoms with Crippen LogP contribution in [-0.4, -0.2) is 22.3 Å². The van der Waals surface area contributed by atoms with Crippen LogP contribution < -0.4 is 9.99 Å². The van der Waals surface area contributed by atoms with Crippen LogP contribution in [0.3, 0.4) is 0 Å². The molecule has 5 nitrogen and oxygen atoms in total. The van der Waals surface area contributed by atoms with Crippen LogP contribution in [0.15, 0.2) is 11.2 Å². The number of carbonyl (C=O) groups is 2. The standard InChI is InChI=1S/C24H41N3O2S/c1-9-11-12-17-16-27(22(3,4)5)30-20(17)26-19(28)18-13-14-24(8,23(18,6)7)21(29)25-15-10-2/h16,18H,9-15H2,1-8H3,(H,25,29)/t18-,24+/m0/s1. The Hall–Kier alpha value is -1.43. The second-order valence-electron chi connectivity index (χ2n) is 10.5. The van der Waals surface area contributed by atoms with Gasteiger partial charge in [0.2, 0.25) is 5.91 Å². The molecule has 2 atom stereocenters. The van der Waals surface area contributed by atoms with Gasteiger partial charge in [0.1, 0.15) is 4.67 Å². The average Bonchev–Trinajstić information content (AvgIpc) is 3.16. The summed E-state index contributed by atoms with van der Waals surface area (Å²) >= 11 is 1.57.